The van der Waals surface area contributed by atoms with Gasteiger partial charge in [-0.3, -0.25) is 10.1 Å². The van der Waals surface area contributed by atoms with Crippen molar-refractivity contribution in [1.82, 2.24) is 4.90 Å². The van der Waals surface area contributed by atoms with E-state index in [0.717, 1.165) is 31.7 Å². The van der Waals surface area contributed by atoms with Crippen LogP contribution < -0.4 is 4.90 Å². The Hall–Kier alpha value is -2.13. The zero-order valence-corrected chi connectivity index (χ0v) is 12.2. The first kappa shape index (κ1) is 15.9. The smallest absolute Gasteiger partial charge is 0.270 e. The Morgan fingerprint density at radius 1 is 1.35 bits per heavy atom. The molecule has 1 aromatic rings. The zero-order valence-electron chi connectivity index (χ0n) is 12.2. The van der Waals surface area contributed by atoms with Gasteiger partial charge < -0.3 is 9.80 Å². The van der Waals surface area contributed by atoms with Gasteiger partial charge in [-0.15, -0.1) is 0 Å². The summed E-state index contributed by atoms with van der Waals surface area (Å²) in [6.45, 7) is 4.56. The van der Waals surface area contributed by atoms with Gasteiger partial charge >= 0.3 is 0 Å². The molecule has 6 heteroatoms. The summed E-state index contributed by atoms with van der Waals surface area (Å²) in [7, 11) is 4.03. The van der Waals surface area contributed by atoms with Crippen molar-refractivity contribution in [2.24, 2.45) is 0 Å². The maximum Gasteiger partial charge on any atom is 0.270 e. The number of nitriles is 1. The van der Waals surface area contributed by atoms with Crippen LogP contribution in [0.1, 0.15) is 18.9 Å². The number of nitro groups is 1. The number of rotatable bonds is 7. The molecule has 0 aromatic heterocycles. The lowest BCUT2D eigenvalue weighted by Crippen LogP contribution is -2.27. The van der Waals surface area contributed by atoms with E-state index in [9.17, 15) is 15.4 Å². The van der Waals surface area contributed by atoms with E-state index in [0.29, 0.717) is 5.56 Å². The highest BCUT2D eigenvalue weighted by atomic mass is 16.6. The first-order valence-corrected chi connectivity index (χ1v) is 6.57. The largest absolute Gasteiger partial charge is 0.371 e. The van der Waals surface area contributed by atoms with Crippen LogP contribution in [-0.4, -0.2) is 43.6 Å². The van der Waals surface area contributed by atoms with Gasteiger partial charge in [0.25, 0.3) is 5.69 Å². The van der Waals surface area contributed by atoms with Gasteiger partial charge in [-0.1, -0.05) is 0 Å². The molecule has 0 fully saturated rings. The number of hydrogen-bond acceptors (Lipinski definition) is 5. The molecule has 0 N–H and O–H groups in total. The first-order chi connectivity index (χ1) is 9.49. The van der Waals surface area contributed by atoms with E-state index in [1.54, 1.807) is 6.07 Å². The molecule has 0 amide bonds. The summed E-state index contributed by atoms with van der Waals surface area (Å²) in [5, 5.41) is 19.9. The van der Waals surface area contributed by atoms with Crippen molar-refractivity contribution < 1.29 is 4.92 Å². The van der Waals surface area contributed by atoms with E-state index in [1.807, 2.05) is 27.1 Å². The van der Waals surface area contributed by atoms with Crippen LogP contribution in [0.2, 0.25) is 0 Å². The Labute approximate surface area is 119 Å². The zero-order chi connectivity index (χ0) is 15.1. The molecule has 0 saturated heterocycles. The SMILES string of the molecule is CCN(CCCN(C)C)c1ccc([N+](=O)[O-])cc1C#N. The predicted octanol–water partition coefficient (Wildman–Crippen LogP) is 2.24. The average Bonchev–Trinajstić information content (AvgIpc) is 2.42. The predicted molar refractivity (Wildman–Crippen MR) is 78.9 cm³/mol. The summed E-state index contributed by atoms with van der Waals surface area (Å²) in [4.78, 5) is 14.4. The summed E-state index contributed by atoms with van der Waals surface area (Å²) in [5.41, 5.74) is 1.07. The number of non-ortho nitro benzene ring substituents is 1. The number of benzene rings is 1. The normalized spacial score (nSPS) is 10.3. The molecule has 6 nitrogen and oxygen atoms in total. The Bertz CT molecular complexity index is 508. The number of nitro benzene ring substituents is 1. The van der Waals surface area contributed by atoms with Crippen LogP contribution in [0.15, 0.2) is 18.2 Å². The Kier molecular flexibility index (Phi) is 5.94. The maximum absolute atomic E-state index is 10.7. The Morgan fingerprint density at radius 2 is 2.05 bits per heavy atom. The highest BCUT2D eigenvalue weighted by Crippen LogP contribution is 2.25. The van der Waals surface area contributed by atoms with Gasteiger partial charge in [-0.25, -0.2) is 0 Å². The molecule has 0 atom stereocenters. The van der Waals surface area contributed by atoms with E-state index in [4.69, 9.17) is 0 Å². The van der Waals surface area contributed by atoms with Crippen LogP contribution >= 0.6 is 0 Å². The van der Waals surface area contributed by atoms with Crippen molar-refractivity contribution in [1.29, 1.82) is 5.26 Å². The lowest BCUT2D eigenvalue weighted by atomic mass is 10.1. The third kappa shape index (κ3) is 4.21. The van der Waals surface area contributed by atoms with Crippen LogP contribution in [0.3, 0.4) is 0 Å². The van der Waals surface area contributed by atoms with Crippen molar-refractivity contribution in [3.63, 3.8) is 0 Å². The molecular formula is C14H20N4O2. The summed E-state index contributed by atoms with van der Waals surface area (Å²) >= 11 is 0. The van der Waals surface area contributed by atoms with Crippen LogP contribution in [0.25, 0.3) is 0 Å². The molecule has 0 aliphatic carbocycles. The van der Waals surface area contributed by atoms with Gasteiger partial charge in [0.05, 0.1) is 16.2 Å². The molecule has 0 spiro atoms. The van der Waals surface area contributed by atoms with Gasteiger partial charge in [0, 0.05) is 25.2 Å². The molecule has 1 aromatic carbocycles. The van der Waals surface area contributed by atoms with E-state index in [2.05, 4.69) is 9.80 Å². The van der Waals surface area contributed by atoms with Gasteiger partial charge in [0.1, 0.15) is 6.07 Å². The van der Waals surface area contributed by atoms with Crippen LogP contribution in [0, 0.1) is 21.4 Å². The van der Waals surface area contributed by atoms with Crippen molar-refractivity contribution in [3.05, 3.63) is 33.9 Å². The lowest BCUT2D eigenvalue weighted by Gasteiger charge is -2.24. The van der Waals surface area contributed by atoms with Crippen molar-refractivity contribution in [2.45, 2.75) is 13.3 Å². The molecule has 0 aliphatic heterocycles. The summed E-state index contributed by atoms with van der Waals surface area (Å²) in [5.74, 6) is 0. The van der Waals surface area contributed by atoms with Gasteiger partial charge in [0.2, 0.25) is 0 Å². The van der Waals surface area contributed by atoms with E-state index in [-0.39, 0.29) is 5.69 Å². The number of anilines is 1. The van der Waals surface area contributed by atoms with Crippen LogP contribution in [0.5, 0.6) is 0 Å². The highest BCUT2D eigenvalue weighted by molar-refractivity contribution is 5.62. The van der Waals surface area contributed by atoms with Gasteiger partial charge in [-0.05, 0) is 40.1 Å². The molecule has 20 heavy (non-hydrogen) atoms. The number of hydrogen-bond donors (Lipinski definition) is 0. The highest BCUT2D eigenvalue weighted by Gasteiger charge is 2.14. The average molecular weight is 276 g/mol. The minimum atomic E-state index is -0.479. The van der Waals surface area contributed by atoms with E-state index < -0.39 is 4.92 Å². The minimum Gasteiger partial charge on any atom is -0.371 e. The first-order valence-electron chi connectivity index (χ1n) is 6.57. The van der Waals surface area contributed by atoms with Gasteiger partial charge in [-0.2, -0.15) is 5.26 Å². The quantitative estimate of drug-likeness (QED) is 0.564. The fourth-order valence-corrected chi connectivity index (χ4v) is 2.03. The molecule has 0 aliphatic rings. The summed E-state index contributed by atoms with van der Waals surface area (Å²) in [6.07, 6.45) is 0.975. The number of nitrogens with zero attached hydrogens (tertiary/aromatic N) is 4. The van der Waals surface area contributed by atoms with Crippen molar-refractivity contribution >= 4 is 11.4 Å². The van der Waals surface area contributed by atoms with Crippen LogP contribution in [0.4, 0.5) is 11.4 Å². The molecule has 1 rings (SSSR count). The van der Waals surface area contributed by atoms with E-state index in [1.165, 1.54) is 12.1 Å². The molecule has 0 unspecified atom stereocenters. The summed E-state index contributed by atoms with van der Waals surface area (Å²) < 4.78 is 0. The fraction of sp³-hybridized carbons (Fsp3) is 0.500. The fourth-order valence-electron chi connectivity index (χ4n) is 2.03. The molecule has 0 radical (unpaired) electrons. The maximum atomic E-state index is 10.7. The molecular weight excluding hydrogens is 256 g/mol. The van der Waals surface area contributed by atoms with Crippen molar-refractivity contribution in [2.75, 3.05) is 38.6 Å². The Morgan fingerprint density at radius 3 is 2.55 bits per heavy atom. The monoisotopic (exact) mass is 276 g/mol. The second-order valence-electron chi connectivity index (χ2n) is 4.81. The standard InChI is InChI=1S/C14H20N4O2/c1-4-17(9-5-8-16(2)3)14-7-6-13(18(19)20)10-12(14)11-15/h6-7,10H,4-5,8-9H2,1-3H3. The molecule has 0 bridgehead atoms. The van der Waals surface area contributed by atoms with Crippen molar-refractivity contribution in [3.8, 4) is 6.07 Å². The second-order valence-corrected chi connectivity index (χ2v) is 4.81. The topological polar surface area (TPSA) is 73.4 Å². The molecule has 108 valence electrons. The van der Waals surface area contributed by atoms with Gasteiger partial charge in [0.15, 0.2) is 0 Å². The minimum absolute atomic E-state index is 0.0466. The van der Waals surface area contributed by atoms with Crippen LogP contribution in [-0.2, 0) is 0 Å². The molecule has 0 saturated carbocycles. The second kappa shape index (κ2) is 7.46. The van der Waals surface area contributed by atoms with E-state index >= 15 is 0 Å². The third-order valence-electron chi connectivity index (χ3n) is 3.07. The summed E-state index contributed by atoms with van der Waals surface area (Å²) in [6, 6.07) is 6.50. The third-order valence-corrected chi connectivity index (χ3v) is 3.07. The molecule has 0 heterocycles. The lowest BCUT2D eigenvalue weighted by molar-refractivity contribution is -0.384. The Balaban J connectivity index is 2.92.